The summed E-state index contributed by atoms with van der Waals surface area (Å²) < 4.78 is 1.03. The Balaban J connectivity index is 0.00000176. The van der Waals surface area contributed by atoms with Gasteiger partial charge in [0.15, 0.2) is 0 Å². The first-order chi connectivity index (χ1) is 10.1. The van der Waals surface area contributed by atoms with Gasteiger partial charge in [-0.15, -0.1) is 0 Å². The molecule has 2 unspecified atom stereocenters. The molecule has 1 aromatic rings. The van der Waals surface area contributed by atoms with Gasteiger partial charge in [0.25, 0.3) is 0 Å². The van der Waals surface area contributed by atoms with Gasteiger partial charge in [0.1, 0.15) is 0 Å². The first-order valence-corrected chi connectivity index (χ1v) is 8.12. The van der Waals surface area contributed by atoms with Crippen molar-refractivity contribution in [2.24, 2.45) is 11.8 Å². The first-order valence-electron chi connectivity index (χ1n) is 7.33. The van der Waals surface area contributed by atoms with E-state index in [2.05, 4.69) is 33.4 Å². The van der Waals surface area contributed by atoms with Gasteiger partial charge >= 0.3 is 29.6 Å². The molecule has 0 aromatic heterocycles. The smallest absolute Gasteiger partial charge is 0.550 e. The number of aliphatic carboxylic acids is 1. The van der Waals surface area contributed by atoms with E-state index in [1.807, 2.05) is 12.1 Å². The standard InChI is InChI=1S/C16H18BrNO3.Na/c17-10-4-1-3-9(7-10)13-8-14(13)18-15(19)11-5-2-6-12(11)16(20)21;/h1,3-4,7,11-14H,2,5-6,8H2,(H,18,19)(H,20,21);/q;+1/p-1/t11?,12?,13-,14+;/m0./s1. The summed E-state index contributed by atoms with van der Waals surface area (Å²) in [6.07, 6.45) is 2.92. The summed E-state index contributed by atoms with van der Waals surface area (Å²) in [5, 5.41) is 14.0. The van der Waals surface area contributed by atoms with Crippen LogP contribution in [0.25, 0.3) is 0 Å². The minimum absolute atomic E-state index is 0. The van der Waals surface area contributed by atoms with Crippen LogP contribution in [0.15, 0.2) is 28.7 Å². The van der Waals surface area contributed by atoms with E-state index in [-0.39, 0.29) is 41.5 Å². The van der Waals surface area contributed by atoms with Gasteiger partial charge in [0, 0.05) is 34.2 Å². The van der Waals surface area contributed by atoms with E-state index in [1.165, 1.54) is 5.56 Å². The molecule has 3 rings (SSSR count). The number of hydrogen-bond donors (Lipinski definition) is 1. The van der Waals surface area contributed by atoms with Crippen molar-refractivity contribution in [3.8, 4) is 0 Å². The predicted octanol–water partition coefficient (Wildman–Crippen LogP) is -1.41. The molecule has 112 valence electrons. The van der Waals surface area contributed by atoms with Gasteiger partial charge in [-0.25, -0.2) is 0 Å². The summed E-state index contributed by atoms with van der Waals surface area (Å²) in [5.41, 5.74) is 1.21. The van der Waals surface area contributed by atoms with Gasteiger partial charge in [-0.1, -0.05) is 34.5 Å². The molecule has 0 bridgehead atoms. The Morgan fingerprint density at radius 1 is 1.23 bits per heavy atom. The number of benzene rings is 1. The van der Waals surface area contributed by atoms with Crippen LogP contribution in [0, 0.1) is 11.8 Å². The van der Waals surface area contributed by atoms with Gasteiger partial charge < -0.3 is 15.2 Å². The minimum Gasteiger partial charge on any atom is -0.550 e. The van der Waals surface area contributed by atoms with Crippen molar-refractivity contribution in [2.45, 2.75) is 37.6 Å². The Morgan fingerprint density at radius 2 is 1.95 bits per heavy atom. The van der Waals surface area contributed by atoms with E-state index in [4.69, 9.17) is 0 Å². The molecule has 0 heterocycles. The van der Waals surface area contributed by atoms with Crippen LogP contribution in [-0.2, 0) is 9.59 Å². The Morgan fingerprint density at radius 3 is 2.64 bits per heavy atom. The molecule has 2 fully saturated rings. The van der Waals surface area contributed by atoms with Crippen LogP contribution >= 0.6 is 15.9 Å². The number of carboxylic acid groups (broad SMARTS) is 1. The average Bonchev–Trinajstić information content (AvgIpc) is 3.01. The summed E-state index contributed by atoms with van der Waals surface area (Å²) in [7, 11) is 0. The molecule has 0 spiro atoms. The van der Waals surface area contributed by atoms with Crippen molar-refractivity contribution in [2.75, 3.05) is 0 Å². The van der Waals surface area contributed by atoms with Crippen LogP contribution < -0.4 is 40.0 Å². The van der Waals surface area contributed by atoms with Crippen molar-refractivity contribution in [1.82, 2.24) is 5.32 Å². The third-order valence-electron chi connectivity index (χ3n) is 4.55. The largest absolute Gasteiger partial charge is 1.00 e. The van der Waals surface area contributed by atoms with Crippen molar-refractivity contribution in [3.63, 3.8) is 0 Å². The van der Waals surface area contributed by atoms with Gasteiger partial charge in [-0.05, 0) is 37.0 Å². The SMILES string of the molecule is O=C([O-])C1CCCC1C(=O)N[C@@H]1C[C@H]1c1cccc(Br)c1.[Na+]. The van der Waals surface area contributed by atoms with Crippen molar-refractivity contribution >= 4 is 27.8 Å². The van der Waals surface area contributed by atoms with Crippen LogP contribution in [0.2, 0.25) is 0 Å². The molecule has 2 aliphatic rings. The maximum atomic E-state index is 12.2. The number of nitrogens with one attached hydrogen (secondary N) is 1. The third kappa shape index (κ3) is 3.94. The van der Waals surface area contributed by atoms with Crippen LogP contribution in [0.1, 0.15) is 37.2 Å². The van der Waals surface area contributed by atoms with Gasteiger partial charge in [0.2, 0.25) is 5.91 Å². The minimum atomic E-state index is -1.09. The topological polar surface area (TPSA) is 69.2 Å². The fourth-order valence-corrected chi connectivity index (χ4v) is 3.72. The molecule has 4 atom stereocenters. The molecule has 0 aliphatic heterocycles. The Bertz CT molecular complexity index is 580. The zero-order chi connectivity index (χ0) is 15.0. The number of carbonyl (C=O) groups excluding carboxylic acids is 2. The molecule has 1 aromatic carbocycles. The molecule has 4 nitrogen and oxygen atoms in total. The van der Waals surface area contributed by atoms with Crippen molar-refractivity contribution in [3.05, 3.63) is 34.3 Å². The molecule has 22 heavy (non-hydrogen) atoms. The number of rotatable bonds is 4. The maximum absolute atomic E-state index is 12.2. The molecule has 0 radical (unpaired) electrons. The number of hydrogen-bond acceptors (Lipinski definition) is 3. The van der Waals surface area contributed by atoms with E-state index >= 15 is 0 Å². The van der Waals surface area contributed by atoms with Crippen LogP contribution in [0.5, 0.6) is 0 Å². The van der Waals surface area contributed by atoms with Crippen LogP contribution in [0.3, 0.4) is 0 Å². The molecule has 1 N–H and O–H groups in total. The number of carboxylic acids is 1. The van der Waals surface area contributed by atoms with E-state index in [0.717, 1.165) is 17.3 Å². The molecule has 6 heteroatoms. The summed E-state index contributed by atoms with van der Waals surface area (Å²) >= 11 is 3.45. The second-order valence-electron chi connectivity index (χ2n) is 5.98. The zero-order valence-electron chi connectivity index (χ0n) is 12.5. The Hall–Kier alpha value is -0.360. The van der Waals surface area contributed by atoms with Gasteiger partial charge in [-0.3, -0.25) is 4.79 Å². The summed E-state index contributed by atoms with van der Waals surface area (Å²) in [6, 6.07) is 8.22. The summed E-state index contributed by atoms with van der Waals surface area (Å²) in [5.74, 6) is -1.91. The number of amides is 1. The van der Waals surface area contributed by atoms with Crippen LogP contribution in [0.4, 0.5) is 0 Å². The van der Waals surface area contributed by atoms with Crippen molar-refractivity contribution < 1.29 is 44.3 Å². The van der Waals surface area contributed by atoms with Gasteiger partial charge in [-0.2, -0.15) is 0 Å². The molecule has 1 amide bonds. The van der Waals surface area contributed by atoms with E-state index in [9.17, 15) is 14.7 Å². The number of carbonyl (C=O) groups is 2. The van der Waals surface area contributed by atoms with E-state index < -0.39 is 17.8 Å². The molecule has 0 saturated heterocycles. The number of halogens is 1. The monoisotopic (exact) mass is 373 g/mol. The summed E-state index contributed by atoms with van der Waals surface area (Å²) in [6.45, 7) is 0. The average molecular weight is 374 g/mol. The molecular formula is C16H17BrNNaO3. The Kier molecular flexibility index (Phi) is 6.11. The zero-order valence-corrected chi connectivity index (χ0v) is 16.1. The molecular weight excluding hydrogens is 357 g/mol. The van der Waals surface area contributed by atoms with E-state index in [1.54, 1.807) is 0 Å². The maximum Gasteiger partial charge on any atom is 1.00 e. The fourth-order valence-electron chi connectivity index (χ4n) is 3.31. The summed E-state index contributed by atoms with van der Waals surface area (Å²) in [4.78, 5) is 23.3. The van der Waals surface area contributed by atoms with Gasteiger partial charge in [0.05, 0.1) is 0 Å². The fraction of sp³-hybridized carbons (Fsp3) is 0.500. The second kappa shape index (κ2) is 7.47. The second-order valence-corrected chi connectivity index (χ2v) is 6.89. The van der Waals surface area contributed by atoms with E-state index in [0.29, 0.717) is 18.8 Å². The molecule has 2 aliphatic carbocycles. The quantitative estimate of drug-likeness (QED) is 0.659. The van der Waals surface area contributed by atoms with Crippen LogP contribution in [-0.4, -0.2) is 17.9 Å². The predicted molar refractivity (Wildman–Crippen MR) is 79.3 cm³/mol. The normalized spacial score (nSPS) is 29.5. The molecule has 2 saturated carbocycles. The Labute approximate surface area is 160 Å². The van der Waals surface area contributed by atoms with Crippen molar-refractivity contribution in [1.29, 1.82) is 0 Å². The first kappa shape index (κ1) is 18.0. The third-order valence-corrected chi connectivity index (χ3v) is 5.04.